The van der Waals surface area contributed by atoms with Crippen LogP contribution < -0.4 is 15.4 Å². The highest BCUT2D eigenvalue weighted by Gasteiger charge is 2.19. The third kappa shape index (κ3) is 4.37. The number of amides is 2. The number of carbonyl (C=O) groups is 2. The van der Waals surface area contributed by atoms with Crippen LogP contribution in [-0.2, 0) is 0 Å². The van der Waals surface area contributed by atoms with Crippen molar-refractivity contribution >= 4 is 35.0 Å². The minimum absolute atomic E-state index is 0.158. The second-order valence-electron chi connectivity index (χ2n) is 4.69. The summed E-state index contributed by atoms with van der Waals surface area (Å²) in [6.45, 7) is 0.469. The molecule has 0 unspecified atom stereocenters. The minimum atomic E-state index is -0.435. The van der Waals surface area contributed by atoms with Gasteiger partial charge in [-0.15, -0.1) is 0 Å². The summed E-state index contributed by atoms with van der Waals surface area (Å²) in [5, 5.41) is 5.85. The van der Waals surface area contributed by atoms with Crippen molar-refractivity contribution in [2.75, 3.05) is 20.2 Å². The van der Waals surface area contributed by atoms with Gasteiger partial charge >= 0.3 is 0 Å². The van der Waals surface area contributed by atoms with Crippen LogP contribution >= 0.6 is 23.2 Å². The van der Waals surface area contributed by atoms with Crippen LogP contribution in [0.25, 0.3) is 0 Å². The van der Waals surface area contributed by atoms with Crippen LogP contribution in [0.2, 0.25) is 10.0 Å². The Bertz CT molecular complexity index is 739. The number of methoxy groups -OCH3 is 1. The van der Waals surface area contributed by atoms with E-state index in [1.807, 2.05) is 0 Å². The number of rotatable bonds is 6. The lowest BCUT2D eigenvalue weighted by atomic mass is 10.2. The van der Waals surface area contributed by atoms with Crippen LogP contribution in [0.15, 0.2) is 36.7 Å². The predicted molar refractivity (Wildman–Crippen MR) is 91.9 cm³/mol. The van der Waals surface area contributed by atoms with Gasteiger partial charge in [0, 0.05) is 25.5 Å². The molecule has 8 heteroatoms. The molecule has 0 atom stereocenters. The summed E-state index contributed by atoms with van der Waals surface area (Å²) in [7, 11) is 1.41. The fourth-order valence-electron chi connectivity index (χ4n) is 1.98. The number of hydrogen-bond acceptors (Lipinski definition) is 4. The first kappa shape index (κ1) is 18.0. The summed E-state index contributed by atoms with van der Waals surface area (Å²) in [6.07, 6.45) is 3.05. The summed E-state index contributed by atoms with van der Waals surface area (Å²) in [5.74, 6) is -0.494. The standard InChI is InChI=1S/C16H15Cl2N3O3/c1-24-14-12(18)5-4-11(17)13(14)16(23)21-8-7-20-15(22)10-3-2-6-19-9-10/h2-6,9H,7-8H2,1H3,(H,20,22)(H,21,23). The van der Waals surface area contributed by atoms with Crippen molar-refractivity contribution < 1.29 is 14.3 Å². The number of carbonyl (C=O) groups excluding carboxylic acids is 2. The molecule has 0 aliphatic heterocycles. The van der Waals surface area contributed by atoms with E-state index in [4.69, 9.17) is 27.9 Å². The smallest absolute Gasteiger partial charge is 0.256 e. The fraction of sp³-hybridized carbons (Fsp3) is 0.188. The normalized spacial score (nSPS) is 10.1. The molecule has 0 spiro atoms. The van der Waals surface area contributed by atoms with Crippen molar-refractivity contribution in [3.8, 4) is 5.75 Å². The maximum atomic E-state index is 12.3. The van der Waals surface area contributed by atoms with E-state index in [9.17, 15) is 9.59 Å². The van der Waals surface area contributed by atoms with Gasteiger partial charge in [0.15, 0.2) is 5.75 Å². The van der Waals surface area contributed by atoms with Gasteiger partial charge in [0.1, 0.15) is 5.56 Å². The first-order valence-corrected chi connectivity index (χ1v) is 7.78. The lowest BCUT2D eigenvalue weighted by molar-refractivity contribution is 0.0926. The van der Waals surface area contributed by atoms with Gasteiger partial charge in [-0.2, -0.15) is 0 Å². The Balaban J connectivity index is 1.90. The lowest BCUT2D eigenvalue weighted by Gasteiger charge is -2.12. The van der Waals surface area contributed by atoms with Gasteiger partial charge in [0.05, 0.1) is 22.7 Å². The summed E-state index contributed by atoms with van der Waals surface area (Å²) < 4.78 is 5.13. The van der Waals surface area contributed by atoms with Gasteiger partial charge in [-0.25, -0.2) is 0 Å². The molecule has 0 saturated heterocycles. The number of nitrogens with one attached hydrogen (secondary N) is 2. The average molecular weight is 368 g/mol. The molecule has 2 N–H and O–H groups in total. The largest absolute Gasteiger partial charge is 0.494 e. The maximum Gasteiger partial charge on any atom is 0.256 e. The van der Waals surface area contributed by atoms with Crippen molar-refractivity contribution in [2.24, 2.45) is 0 Å². The highest BCUT2D eigenvalue weighted by Crippen LogP contribution is 2.33. The van der Waals surface area contributed by atoms with E-state index in [-0.39, 0.29) is 40.4 Å². The fourth-order valence-corrected chi connectivity index (χ4v) is 2.45. The molecule has 1 heterocycles. The molecule has 2 rings (SSSR count). The Labute approximate surface area is 149 Å². The number of benzene rings is 1. The molecule has 1 aromatic heterocycles. The zero-order chi connectivity index (χ0) is 17.5. The Morgan fingerprint density at radius 2 is 1.75 bits per heavy atom. The third-order valence-electron chi connectivity index (χ3n) is 3.11. The van der Waals surface area contributed by atoms with E-state index in [1.54, 1.807) is 24.4 Å². The van der Waals surface area contributed by atoms with Crippen LogP contribution in [-0.4, -0.2) is 37.0 Å². The Hall–Kier alpha value is -2.31. The van der Waals surface area contributed by atoms with Crippen molar-refractivity contribution in [3.05, 3.63) is 57.8 Å². The zero-order valence-electron chi connectivity index (χ0n) is 12.8. The molecule has 2 aromatic rings. The topological polar surface area (TPSA) is 80.3 Å². The van der Waals surface area contributed by atoms with Crippen molar-refractivity contribution in [3.63, 3.8) is 0 Å². The minimum Gasteiger partial charge on any atom is -0.494 e. The SMILES string of the molecule is COc1c(Cl)ccc(Cl)c1C(=O)NCCNC(=O)c1cccnc1. The molecule has 0 aliphatic carbocycles. The highest BCUT2D eigenvalue weighted by atomic mass is 35.5. The zero-order valence-corrected chi connectivity index (χ0v) is 14.3. The molecule has 24 heavy (non-hydrogen) atoms. The van der Waals surface area contributed by atoms with Crippen molar-refractivity contribution in [2.45, 2.75) is 0 Å². The molecule has 0 saturated carbocycles. The van der Waals surface area contributed by atoms with Gasteiger partial charge in [0.25, 0.3) is 11.8 Å². The number of pyridine rings is 1. The number of halogens is 2. The number of aromatic nitrogens is 1. The third-order valence-corrected chi connectivity index (χ3v) is 3.72. The summed E-state index contributed by atoms with van der Waals surface area (Å²) in [5.41, 5.74) is 0.605. The van der Waals surface area contributed by atoms with E-state index in [0.717, 1.165) is 0 Å². The lowest BCUT2D eigenvalue weighted by Crippen LogP contribution is -2.35. The van der Waals surface area contributed by atoms with E-state index in [2.05, 4.69) is 15.6 Å². The van der Waals surface area contributed by atoms with Crippen LogP contribution in [0.3, 0.4) is 0 Å². The molecular formula is C16H15Cl2N3O3. The maximum absolute atomic E-state index is 12.3. The van der Waals surface area contributed by atoms with Crippen LogP contribution in [0.1, 0.15) is 20.7 Å². The van der Waals surface area contributed by atoms with Crippen LogP contribution in [0.4, 0.5) is 0 Å². The van der Waals surface area contributed by atoms with E-state index in [0.29, 0.717) is 5.56 Å². The molecule has 0 radical (unpaired) electrons. The quantitative estimate of drug-likeness (QED) is 0.768. The van der Waals surface area contributed by atoms with Crippen LogP contribution in [0.5, 0.6) is 5.75 Å². The second-order valence-corrected chi connectivity index (χ2v) is 5.51. The van der Waals surface area contributed by atoms with Crippen LogP contribution in [0, 0.1) is 0 Å². The van der Waals surface area contributed by atoms with Gasteiger partial charge < -0.3 is 15.4 Å². The molecule has 0 bridgehead atoms. The van der Waals surface area contributed by atoms with Gasteiger partial charge in [0.2, 0.25) is 0 Å². The number of hydrogen-bond donors (Lipinski definition) is 2. The average Bonchev–Trinajstić information content (AvgIpc) is 2.60. The van der Waals surface area contributed by atoms with Gasteiger partial charge in [-0.3, -0.25) is 14.6 Å². The van der Waals surface area contributed by atoms with E-state index >= 15 is 0 Å². The molecule has 126 valence electrons. The molecule has 2 amide bonds. The molecular weight excluding hydrogens is 353 g/mol. The Morgan fingerprint density at radius 1 is 1.08 bits per heavy atom. The first-order valence-electron chi connectivity index (χ1n) is 7.03. The molecule has 0 aliphatic rings. The number of nitrogens with zero attached hydrogens (tertiary/aromatic N) is 1. The van der Waals surface area contributed by atoms with E-state index < -0.39 is 5.91 Å². The molecule has 0 fully saturated rings. The van der Waals surface area contributed by atoms with Crippen molar-refractivity contribution in [1.29, 1.82) is 0 Å². The monoisotopic (exact) mass is 367 g/mol. The van der Waals surface area contributed by atoms with Gasteiger partial charge in [-0.1, -0.05) is 23.2 Å². The summed E-state index contributed by atoms with van der Waals surface area (Å²) in [4.78, 5) is 28.0. The molecule has 1 aromatic carbocycles. The highest BCUT2D eigenvalue weighted by molar-refractivity contribution is 6.37. The summed E-state index contributed by atoms with van der Waals surface area (Å²) in [6, 6.07) is 6.39. The summed E-state index contributed by atoms with van der Waals surface area (Å²) >= 11 is 12.0. The Kier molecular flexibility index (Phi) is 6.40. The first-order chi connectivity index (χ1) is 11.5. The Morgan fingerprint density at radius 3 is 2.38 bits per heavy atom. The predicted octanol–water partition coefficient (Wildman–Crippen LogP) is 2.56. The van der Waals surface area contributed by atoms with E-state index in [1.165, 1.54) is 19.4 Å². The second kappa shape index (κ2) is 8.52. The van der Waals surface area contributed by atoms with Gasteiger partial charge in [-0.05, 0) is 24.3 Å². The molecule has 6 nitrogen and oxygen atoms in total. The van der Waals surface area contributed by atoms with Crippen molar-refractivity contribution in [1.82, 2.24) is 15.6 Å². The number of ether oxygens (including phenoxy) is 1.